The van der Waals surface area contributed by atoms with Gasteiger partial charge in [-0.1, -0.05) is 29.8 Å². The van der Waals surface area contributed by atoms with Crippen molar-refractivity contribution in [3.63, 3.8) is 0 Å². The summed E-state index contributed by atoms with van der Waals surface area (Å²) in [5, 5.41) is 11.9. The summed E-state index contributed by atoms with van der Waals surface area (Å²) in [4.78, 5) is 1.57. The van der Waals surface area contributed by atoms with Gasteiger partial charge in [0.05, 0.1) is 17.6 Å². The zero-order valence-corrected chi connectivity index (χ0v) is 14.4. The van der Waals surface area contributed by atoms with Crippen LogP contribution in [0.3, 0.4) is 0 Å². The molecule has 0 saturated carbocycles. The summed E-state index contributed by atoms with van der Waals surface area (Å²) in [5.74, 6) is 0.438. The molecule has 1 heterocycles. The lowest BCUT2D eigenvalue weighted by atomic mass is 10.1. The number of benzene rings is 2. The van der Waals surface area contributed by atoms with Crippen LogP contribution < -0.4 is 4.72 Å². The maximum absolute atomic E-state index is 12.6. The molecule has 3 aromatic rings. The molecule has 0 spiro atoms. The first-order valence-corrected chi connectivity index (χ1v) is 8.78. The van der Waals surface area contributed by atoms with E-state index in [1.165, 1.54) is 4.80 Å². The summed E-state index contributed by atoms with van der Waals surface area (Å²) in [6.07, 6.45) is 0. The van der Waals surface area contributed by atoms with Crippen molar-refractivity contribution in [1.82, 2.24) is 20.2 Å². The number of aryl methyl sites for hydroxylation is 3. The van der Waals surface area contributed by atoms with Crippen LogP contribution in [-0.2, 0) is 17.1 Å². The van der Waals surface area contributed by atoms with Gasteiger partial charge in [-0.2, -0.15) is 4.80 Å². The number of nitrogens with one attached hydrogen (secondary N) is 1. The number of sulfonamides is 1. The van der Waals surface area contributed by atoms with E-state index in [0.717, 1.165) is 11.1 Å². The van der Waals surface area contributed by atoms with E-state index < -0.39 is 10.0 Å². The molecule has 0 amide bonds. The maximum Gasteiger partial charge on any atom is 0.261 e. The van der Waals surface area contributed by atoms with Crippen molar-refractivity contribution >= 4 is 15.7 Å². The zero-order valence-electron chi connectivity index (χ0n) is 13.6. The Bertz CT molecular complexity index is 978. The number of aromatic nitrogens is 4. The van der Waals surface area contributed by atoms with E-state index in [1.54, 1.807) is 37.4 Å². The van der Waals surface area contributed by atoms with Crippen LogP contribution in [0.25, 0.3) is 11.4 Å². The monoisotopic (exact) mass is 343 g/mol. The van der Waals surface area contributed by atoms with Gasteiger partial charge in [0.15, 0.2) is 0 Å². The molecular weight excluding hydrogens is 326 g/mol. The predicted molar refractivity (Wildman–Crippen MR) is 91.0 cm³/mol. The third-order valence-corrected chi connectivity index (χ3v) is 4.96. The van der Waals surface area contributed by atoms with Crippen LogP contribution in [0.15, 0.2) is 47.4 Å². The molecule has 0 aliphatic carbocycles. The van der Waals surface area contributed by atoms with Crippen molar-refractivity contribution in [2.75, 3.05) is 4.72 Å². The van der Waals surface area contributed by atoms with Gasteiger partial charge in [0.1, 0.15) is 0 Å². The topological polar surface area (TPSA) is 89.8 Å². The highest BCUT2D eigenvalue weighted by molar-refractivity contribution is 7.92. The molecule has 0 aliphatic heterocycles. The summed E-state index contributed by atoms with van der Waals surface area (Å²) in [6.45, 7) is 3.74. The van der Waals surface area contributed by atoms with Crippen molar-refractivity contribution in [2.45, 2.75) is 18.7 Å². The molecule has 7 nitrogen and oxygen atoms in total. The minimum absolute atomic E-state index is 0.218. The molecule has 0 saturated heterocycles. The number of hydrogen-bond donors (Lipinski definition) is 1. The van der Waals surface area contributed by atoms with Crippen molar-refractivity contribution in [1.29, 1.82) is 0 Å². The van der Waals surface area contributed by atoms with Gasteiger partial charge < -0.3 is 0 Å². The first-order valence-electron chi connectivity index (χ1n) is 7.30. The minimum Gasteiger partial charge on any atom is -0.279 e. The number of tetrazole rings is 1. The summed E-state index contributed by atoms with van der Waals surface area (Å²) in [5.41, 5.74) is 2.98. The number of nitrogens with zero attached hydrogens (tertiary/aromatic N) is 4. The summed E-state index contributed by atoms with van der Waals surface area (Å²) in [6, 6.07) is 12.1. The number of anilines is 1. The van der Waals surface area contributed by atoms with Gasteiger partial charge >= 0.3 is 0 Å². The molecular formula is C16H17N5O2S. The molecule has 124 valence electrons. The highest BCUT2D eigenvalue weighted by Gasteiger charge is 2.16. The quantitative estimate of drug-likeness (QED) is 0.785. The number of hydrogen-bond acceptors (Lipinski definition) is 5. The molecule has 0 atom stereocenters. The van der Waals surface area contributed by atoms with E-state index in [-0.39, 0.29) is 4.90 Å². The Morgan fingerprint density at radius 1 is 1.04 bits per heavy atom. The molecule has 24 heavy (non-hydrogen) atoms. The van der Waals surface area contributed by atoms with Gasteiger partial charge in [0.2, 0.25) is 5.82 Å². The molecule has 1 aromatic heterocycles. The predicted octanol–water partition coefficient (Wildman–Crippen LogP) is 2.29. The lowest BCUT2D eigenvalue weighted by Gasteiger charge is -2.11. The van der Waals surface area contributed by atoms with Crippen LogP contribution >= 0.6 is 0 Å². The van der Waals surface area contributed by atoms with Crippen LogP contribution in [0.4, 0.5) is 5.69 Å². The second-order valence-electron chi connectivity index (χ2n) is 5.55. The molecule has 0 aliphatic rings. The third kappa shape index (κ3) is 3.28. The number of rotatable bonds is 4. The molecule has 3 rings (SSSR count). The van der Waals surface area contributed by atoms with Crippen molar-refractivity contribution in [2.24, 2.45) is 7.05 Å². The Kier molecular flexibility index (Phi) is 4.06. The highest BCUT2D eigenvalue weighted by Crippen LogP contribution is 2.25. The fourth-order valence-corrected chi connectivity index (χ4v) is 3.31. The lowest BCUT2D eigenvalue weighted by Crippen LogP contribution is -2.13. The van der Waals surface area contributed by atoms with Crippen LogP contribution in [0, 0.1) is 13.8 Å². The van der Waals surface area contributed by atoms with Crippen LogP contribution in [0.2, 0.25) is 0 Å². The van der Waals surface area contributed by atoms with E-state index in [9.17, 15) is 8.42 Å². The normalized spacial score (nSPS) is 11.5. The molecule has 8 heteroatoms. The Morgan fingerprint density at radius 3 is 2.38 bits per heavy atom. The van der Waals surface area contributed by atoms with Crippen molar-refractivity contribution in [3.8, 4) is 11.4 Å². The van der Waals surface area contributed by atoms with Gasteiger partial charge in [0, 0.05) is 5.56 Å². The van der Waals surface area contributed by atoms with Crippen molar-refractivity contribution < 1.29 is 8.42 Å². The Hall–Kier alpha value is -2.74. The van der Waals surface area contributed by atoms with Crippen LogP contribution in [0.5, 0.6) is 0 Å². The highest BCUT2D eigenvalue weighted by atomic mass is 32.2. The van der Waals surface area contributed by atoms with E-state index >= 15 is 0 Å². The van der Waals surface area contributed by atoms with Crippen molar-refractivity contribution in [3.05, 3.63) is 53.6 Å². The molecule has 0 fully saturated rings. The van der Waals surface area contributed by atoms with Crippen LogP contribution in [-0.4, -0.2) is 28.6 Å². The van der Waals surface area contributed by atoms with Gasteiger partial charge in [-0.3, -0.25) is 4.72 Å². The van der Waals surface area contributed by atoms with E-state index in [2.05, 4.69) is 20.1 Å². The van der Waals surface area contributed by atoms with E-state index in [1.807, 2.05) is 26.0 Å². The smallest absolute Gasteiger partial charge is 0.261 e. The molecule has 2 aromatic carbocycles. The molecule has 0 unspecified atom stereocenters. The summed E-state index contributed by atoms with van der Waals surface area (Å²) in [7, 11) is -1.99. The maximum atomic E-state index is 12.6. The SMILES string of the molecule is Cc1ccc(S(=O)(=O)Nc2cc(-c3nnn(C)n3)ccc2C)cc1. The van der Waals surface area contributed by atoms with Gasteiger partial charge in [-0.05, 0) is 42.8 Å². The van der Waals surface area contributed by atoms with Crippen LogP contribution in [0.1, 0.15) is 11.1 Å². The first kappa shape index (κ1) is 16.1. The average molecular weight is 343 g/mol. The van der Waals surface area contributed by atoms with E-state index in [0.29, 0.717) is 17.1 Å². The summed E-state index contributed by atoms with van der Waals surface area (Å²) >= 11 is 0. The van der Waals surface area contributed by atoms with Gasteiger partial charge in [0.25, 0.3) is 10.0 Å². The standard InChI is InChI=1S/C16H17N5O2S/c1-11-4-8-14(9-5-11)24(22,23)19-15-10-13(7-6-12(15)2)16-17-20-21(3)18-16/h4-10,19H,1-3H3. The second kappa shape index (κ2) is 6.04. The Balaban J connectivity index is 1.96. The molecule has 0 bridgehead atoms. The van der Waals surface area contributed by atoms with Gasteiger partial charge in [-0.15, -0.1) is 10.2 Å². The largest absolute Gasteiger partial charge is 0.279 e. The zero-order chi connectivity index (χ0) is 17.3. The Morgan fingerprint density at radius 2 is 1.75 bits per heavy atom. The second-order valence-corrected chi connectivity index (χ2v) is 7.23. The summed E-state index contributed by atoms with van der Waals surface area (Å²) < 4.78 is 27.7. The lowest BCUT2D eigenvalue weighted by molar-refractivity contribution is 0.601. The third-order valence-electron chi connectivity index (χ3n) is 3.58. The first-order chi connectivity index (χ1) is 11.3. The molecule has 1 N–H and O–H groups in total. The Labute approximate surface area is 140 Å². The van der Waals surface area contributed by atoms with Gasteiger partial charge in [-0.25, -0.2) is 8.42 Å². The fraction of sp³-hybridized carbons (Fsp3) is 0.188. The fourth-order valence-electron chi connectivity index (χ4n) is 2.19. The average Bonchev–Trinajstić information content (AvgIpc) is 2.96. The minimum atomic E-state index is -3.66. The molecule has 0 radical (unpaired) electrons. The van der Waals surface area contributed by atoms with E-state index in [4.69, 9.17) is 0 Å².